The van der Waals surface area contributed by atoms with Gasteiger partial charge in [0.2, 0.25) is 0 Å². The minimum atomic E-state index is -4.08. The number of hydrogen-bond donors (Lipinski definition) is 2. The Morgan fingerprint density at radius 3 is 1.73 bits per heavy atom. The molecule has 9 nitrogen and oxygen atoms in total. The van der Waals surface area contributed by atoms with Crippen LogP contribution < -0.4 is 24.7 Å². The molecule has 0 saturated carbocycles. The highest BCUT2D eigenvalue weighted by Gasteiger charge is 2.33. The van der Waals surface area contributed by atoms with Gasteiger partial charge >= 0.3 is 0 Å². The van der Waals surface area contributed by atoms with Crippen molar-refractivity contribution in [2.75, 3.05) is 40.7 Å². The molecule has 4 aromatic rings. The Balaban J connectivity index is 0.000000248. The van der Waals surface area contributed by atoms with Crippen LogP contribution in [-0.2, 0) is 23.1 Å². The Kier molecular flexibility index (Phi) is 7.67. The van der Waals surface area contributed by atoms with Gasteiger partial charge in [0.15, 0.2) is 23.0 Å². The molecule has 1 unspecified atom stereocenters. The van der Waals surface area contributed by atoms with Gasteiger partial charge in [-0.15, -0.1) is 0 Å². The number of benzene rings is 4. The second kappa shape index (κ2) is 11.0. The number of methoxy groups -OCH3 is 4. The Bertz CT molecular complexity index is 1580. The third-order valence-electron chi connectivity index (χ3n) is 7.83. The van der Waals surface area contributed by atoms with Crippen molar-refractivity contribution in [1.29, 1.82) is 0 Å². The van der Waals surface area contributed by atoms with Crippen molar-refractivity contribution in [3.8, 4) is 23.0 Å². The number of ether oxygens (including phenoxy) is 4. The lowest BCUT2D eigenvalue weighted by molar-refractivity contribution is 0.229. The summed E-state index contributed by atoms with van der Waals surface area (Å²) in [5.41, 5.74) is 8.59. The first-order valence-electron chi connectivity index (χ1n) is 13.0. The molecular formula is C30H34N2O7S. The fourth-order valence-electron chi connectivity index (χ4n) is 5.85. The summed E-state index contributed by atoms with van der Waals surface area (Å²) in [7, 11) is 2.69. The SMILES string of the molecule is COc1cc2c3c(c4cc(OC)c(OC)cc4c2cc1OC)CN1CCCC1C3.Nc1ccc(S(=O)(=O)O)cc1. The van der Waals surface area contributed by atoms with E-state index in [1.807, 2.05) is 0 Å². The van der Waals surface area contributed by atoms with E-state index in [1.165, 1.54) is 70.9 Å². The topological polar surface area (TPSA) is 121 Å². The van der Waals surface area contributed by atoms with E-state index >= 15 is 0 Å². The molecule has 2 aliphatic heterocycles. The summed E-state index contributed by atoms with van der Waals surface area (Å²) >= 11 is 0. The monoisotopic (exact) mass is 566 g/mol. The van der Waals surface area contributed by atoms with Crippen molar-refractivity contribution in [3.05, 3.63) is 59.7 Å². The molecule has 0 bridgehead atoms. The second-order valence-electron chi connectivity index (χ2n) is 9.98. The summed E-state index contributed by atoms with van der Waals surface area (Å²) in [6, 6.07) is 14.4. The smallest absolute Gasteiger partial charge is 0.294 e. The number of hydrogen-bond acceptors (Lipinski definition) is 8. The van der Waals surface area contributed by atoms with Crippen molar-refractivity contribution in [3.63, 3.8) is 0 Å². The molecule has 40 heavy (non-hydrogen) atoms. The predicted octanol–water partition coefficient (Wildman–Crippen LogP) is 5.06. The number of fused-ring (bicyclic) bond motifs is 7. The molecule has 212 valence electrons. The van der Waals surface area contributed by atoms with Gasteiger partial charge in [0, 0.05) is 18.3 Å². The lowest BCUT2D eigenvalue weighted by Crippen LogP contribution is -2.35. The molecule has 4 aromatic carbocycles. The molecule has 2 aliphatic rings. The third-order valence-corrected chi connectivity index (χ3v) is 8.70. The fraction of sp³-hybridized carbons (Fsp3) is 0.333. The van der Waals surface area contributed by atoms with Crippen LogP contribution in [-0.4, -0.2) is 58.9 Å². The zero-order valence-electron chi connectivity index (χ0n) is 23.1. The maximum Gasteiger partial charge on any atom is 0.294 e. The molecule has 10 heteroatoms. The summed E-state index contributed by atoms with van der Waals surface area (Å²) < 4.78 is 51.9. The van der Waals surface area contributed by atoms with Gasteiger partial charge in [-0.2, -0.15) is 8.42 Å². The van der Waals surface area contributed by atoms with Crippen LogP contribution in [0.25, 0.3) is 21.5 Å². The quantitative estimate of drug-likeness (QED) is 0.194. The van der Waals surface area contributed by atoms with E-state index in [4.69, 9.17) is 29.2 Å². The van der Waals surface area contributed by atoms with Gasteiger partial charge in [0.25, 0.3) is 10.1 Å². The molecule has 6 rings (SSSR count). The number of nitrogens with zero attached hydrogens (tertiary/aromatic N) is 1. The Hall–Kier alpha value is -3.73. The lowest BCUT2D eigenvalue weighted by Gasteiger charge is -2.33. The average Bonchev–Trinajstić information content (AvgIpc) is 3.42. The molecular weight excluding hydrogens is 532 g/mol. The standard InChI is InChI=1S/C24H27NO4.C6H7NO3S/c1-26-21-9-16-15-8-14-6-5-7-25(14)13-20(15)19-12-24(29-4)23(28-3)11-18(19)17(16)10-22(21)27-2;7-5-1-3-6(4-2-5)11(8,9)10/h9-12,14H,5-8,13H2,1-4H3;1-4H,7H2,(H,8,9,10). The van der Waals surface area contributed by atoms with E-state index < -0.39 is 10.1 Å². The molecule has 0 aromatic heterocycles. The molecule has 3 N–H and O–H groups in total. The van der Waals surface area contributed by atoms with E-state index in [2.05, 4.69) is 29.2 Å². The van der Waals surface area contributed by atoms with Crippen LogP contribution in [0.4, 0.5) is 5.69 Å². The van der Waals surface area contributed by atoms with Crippen molar-refractivity contribution in [2.24, 2.45) is 0 Å². The maximum absolute atomic E-state index is 10.5. The molecule has 0 radical (unpaired) electrons. The van der Waals surface area contributed by atoms with Crippen LogP contribution in [0.3, 0.4) is 0 Å². The van der Waals surface area contributed by atoms with E-state index in [1.54, 1.807) is 28.4 Å². The fourth-order valence-corrected chi connectivity index (χ4v) is 6.33. The average molecular weight is 567 g/mol. The van der Waals surface area contributed by atoms with E-state index in [-0.39, 0.29) is 4.90 Å². The highest BCUT2D eigenvalue weighted by molar-refractivity contribution is 7.85. The largest absolute Gasteiger partial charge is 0.493 e. The summed E-state index contributed by atoms with van der Waals surface area (Å²) in [5, 5.41) is 4.82. The van der Waals surface area contributed by atoms with Crippen molar-refractivity contribution >= 4 is 37.4 Å². The lowest BCUT2D eigenvalue weighted by atomic mass is 9.85. The number of nitrogens with two attached hydrogens (primary N) is 1. The second-order valence-corrected chi connectivity index (χ2v) is 11.4. The van der Waals surface area contributed by atoms with Crippen LogP contribution in [0.2, 0.25) is 0 Å². The minimum Gasteiger partial charge on any atom is -0.493 e. The van der Waals surface area contributed by atoms with Crippen LogP contribution in [0.5, 0.6) is 23.0 Å². The van der Waals surface area contributed by atoms with E-state index in [0.29, 0.717) is 11.7 Å². The summed E-state index contributed by atoms with van der Waals surface area (Å²) in [4.78, 5) is 2.48. The Morgan fingerprint density at radius 1 is 0.775 bits per heavy atom. The zero-order valence-corrected chi connectivity index (χ0v) is 23.9. The van der Waals surface area contributed by atoms with Gasteiger partial charge in [-0.3, -0.25) is 9.45 Å². The first kappa shape index (κ1) is 27.8. The normalized spacial score (nSPS) is 16.6. The van der Waals surface area contributed by atoms with Crippen molar-refractivity contribution < 1.29 is 31.9 Å². The van der Waals surface area contributed by atoms with Crippen LogP contribution in [0.15, 0.2) is 53.4 Å². The first-order valence-corrected chi connectivity index (χ1v) is 14.4. The molecule has 0 spiro atoms. The van der Waals surface area contributed by atoms with Gasteiger partial charge in [-0.05, 0) is 107 Å². The maximum atomic E-state index is 10.5. The molecule has 2 heterocycles. The highest BCUT2D eigenvalue weighted by Crippen LogP contribution is 2.46. The third kappa shape index (κ3) is 5.10. The zero-order chi connectivity index (χ0) is 28.6. The van der Waals surface area contributed by atoms with E-state index in [9.17, 15) is 8.42 Å². The molecule has 1 fully saturated rings. The molecule has 1 atom stereocenters. The first-order chi connectivity index (χ1) is 19.2. The summed E-state index contributed by atoms with van der Waals surface area (Å²) in [6.07, 6.45) is 3.63. The van der Waals surface area contributed by atoms with Crippen LogP contribution >= 0.6 is 0 Å². The van der Waals surface area contributed by atoms with Crippen molar-refractivity contribution in [2.45, 2.75) is 36.7 Å². The van der Waals surface area contributed by atoms with Gasteiger partial charge < -0.3 is 24.7 Å². The molecule has 0 aliphatic carbocycles. The number of anilines is 1. The highest BCUT2D eigenvalue weighted by atomic mass is 32.2. The van der Waals surface area contributed by atoms with Gasteiger partial charge in [-0.1, -0.05) is 0 Å². The molecule has 1 saturated heterocycles. The predicted molar refractivity (Wildman–Crippen MR) is 155 cm³/mol. The van der Waals surface area contributed by atoms with Gasteiger partial charge in [0.1, 0.15) is 0 Å². The number of nitrogen functional groups attached to an aromatic ring is 1. The van der Waals surface area contributed by atoms with Crippen molar-refractivity contribution in [1.82, 2.24) is 4.90 Å². The van der Waals surface area contributed by atoms with E-state index in [0.717, 1.165) is 41.3 Å². The number of rotatable bonds is 5. The van der Waals surface area contributed by atoms with Gasteiger partial charge in [-0.25, -0.2) is 0 Å². The van der Waals surface area contributed by atoms with Gasteiger partial charge in [0.05, 0.1) is 33.3 Å². The van der Waals surface area contributed by atoms with Crippen LogP contribution in [0, 0.1) is 0 Å². The Morgan fingerprint density at radius 2 is 1.25 bits per heavy atom. The van der Waals surface area contributed by atoms with Crippen LogP contribution in [0.1, 0.15) is 24.0 Å². The Labute approximate surface area is 234 Å². The summed E-state index contributed by atoms with van der Waals surface area (Å²) in [6.45, 7) is 2.17. The molecule has 0 amide bonds. The summed E-state index contributed by atoms with van der Waals surface area (Å²) in [5.74, 6) is 3.03. The minimum absolute atomic E-state index is 0.147.